The van der Waals surface area contributed by atoms with Gasteiger partial charge < -0.3 is 10.1 Å². The summed E-state index contributed by atoms with van der Waals surface area (Å²) in [4.78, 5) is 13.1. The van der Waals surface area contributed by atoms with E-state index in [1.54, 1.807) is 19.1 Å². The molecule has 1 aromatic heterocycles. The number of aromatic nitrogens is 1. The number of aryl methyl sites for hydroxylation is 1. The highest BCUT2D eigenvalue weighted by atomic mass is 19.4. The van der Waals surface area contributed by atoms with E-state index in [1.165, 1.54) is 6.07 Å². The lowest BCUT2D eigenvalue weighted by Crippen LogP contribution is -2.12. The zero-order valence-electron chi connectivity index (χ0n) is 8.72. The number of fused-ring (bicyclic) bond motifs is 1. The van der Waals surface area contributed by atoms with Crippen LogP contribution < -0.4 is 0 Å². The van der Waals surface area contributed by atoms with Crippen LogP contribution in [0.5, 0.6) is 0 Å². The number of hydrogen-bond acceptors (Lipinski definition) is 1. The quantitative estimate of drug-likeness (QED) is 0.808. The van der Waals surface area contributed by atoms with Gasteiger partial charge in [0.2, 0.25) is 0 Å². The molecule has 2 N–H and O–H groups in total. The number of carboxylic acids is 1. The fourth-order valence-corrected chi connectivity index (χ4v) is 1.85. The molecule has 0 radical (unpaired) electrons. The first kappa shape index (κ1) is 11.5. The minimum absolute atomic E-state index is 0.104. The highest BCUT2D eigenvalue weighted by Gasteiger charge is 2.38. The summed E-state index contributed by atoms with van der Waals surface area (Å²) in [6.45, 7) is 1.57. The molecule has 0 amide bonds. The van der Waals surface area contributed by atoms with E-state index in [1.807, 2.05) is 0 Å². The minimum Gasteiger partial charge on any atom is -0.478 e. The molecule has 0 spiro atoms. The number of alkyl halides is 3. The molecule has 0 aliphatic rings. The monoisotopic (exact) mass is 243 g/mol. The average molecular weight is 243 g/mol. The second kappa shape index (κ2) is 3.51. The first-order valence-corrected chi connectivity index (χ1v) is 4.74. The van der Waals surface area contributed by atoms with Gasteiger partial charge in [-0.1, -0.05) is 12.1 Å². The first-order valence-electron chi connectivity index (χ1n) is 4.74. The Labute approximate surface area is 93.9 Å². The molecular weight excluding hydrogens is 235 g/mol. The summed E-state index contributed by atoms with van der Waals surface area (Å²) in [6.07, 6.45) is -4.71. The van der Waals surface area contributed by atoms with Gasteiger partial charge >= 0.3 is 12.1 Å². The molecule has 1 aromatic carbocycles. The Morgan fingerprint density at radius 2 is 2.00 bits per heavy atom. The van der Waals surface area contributed by atoms with Gasteiger partial charge in [0.25, 0.3) is 0 Å². The van der Waals surface area contributed by atoms with Crippen LogP contribution in [0.4, 0.5) is 13.2 Å². The van der Waals surface area contributed by atoms with Crippen LogP contribution in [0.2, 0.25) is 0 Å². The van der Waals surface area contributed by atoms with E-state index in [0.717, 1.165) is 0 Å². The van der Waals surface area contributed by atoms with Crippen molar-refractivity contribution in [2.45, 2.75) is 13.1 Å². The van der Waals surface area contributed by atoms with Crippen molar-refractivity contribution in [1.29, 1.82) is 0 Å². The number of halogens is 3. The molecule has 3 nitrogen and oxygen atoms in total. The maximum absolute atomic E-state index is 12.7. The molecule has 0 aliphatic carbocycles. The second-order valence-corrected chi connectivity index (χ2v) is 3.68. The summed E-state index contributed by atoms with van der Waals surface area (Å²) < 4.78 is 38.1. The van der Waals surface area contributed by atoms with Gasteiger partial charge in [0.1, 0.15) is 5.69 Å². The number of hydrogen-bond donors (Lipinski definition) is 2. The number of rotatable bonds is 1. The van der Waals surface area contributed by atoms with E-state index in [9.17, 15) is 18.0 Å². The smallest absolute Gasteiger partial charge is 0.432 e. The van der Waals surface area contributed by atoms with Crippen LogP contribution in [0.3, 0.4) is 0 Å². The van der Waals surface area contributed by atoms with Gasteiger partial charge in [-0.05, 0) is 18.6 Å². The van der Waals surface area contributed by atoms with Gasteiger partial charge in [0.05, 0.1) is 5.56 Å². The molecule has 0 fully saturated rings. The predicted molar refractivity (Wildman–Crippen MR) is 55.0 cm³/mol. The van der Waals surface area contributed by atoms with Crippen molar-refractivity contribution >= 4 is 16.9 Å². The fraction of sp³-hybridized carbons (Fsp3) is 0.182. The van der Waals surface area contributed by atoms with E-state index in [4.69, 9.17) is 5.11 Å². The number of aromatic carboxylic acids is 1. The molecule has 2 rings (SSSR count). The lowest BCUT2D eigenvalue weighted by molar-refractivity contribution is -0.141. The van der Waals surface area contributed by atoms with E-state index in [2.05, 4.69) is 4.98 Å². The Hall–Kier alpha value is -1.98. The van der Waals surface area contributed by atoms with Crippen molar-refractivity contribution in [3.63, 3.8) is 0 Å². The Morgan fingerprint density at radius 3 is 2.53 bits per heavy atom. The van der Waals surface area contributed by atoms with Crippen LogP contribution in [0.15, 0.2) is 18.2 Å². The van der Waals surface area contributed by atoms with Crippen LogP contribution in [0, 0.1) is 6.92 Å². The zero-order valence-corrected chi connectivity index (χ0v) is 8.72. The van der Waals surface area contributed by atoms with Crippen LogP contribution in [0.1, 0.15) is 21.6 Å². The Kier molecular flexibility index (Phi) is 2.38. The third kappa shape index (κ3) is 1.75. The number of carboxylic acid groups (broad SMARTS) is 1. The molecule has 90 valence electrons. The first-order chi connectivity index (χ1) is 7.82. The van der Waals surface area contributed by atoms with Gasteiger partial charge in [0, 0.05) is 10.9 Å². The number of H-pyrrole nitrogens is 1. The molecule has 0 saturated heterocycles. The summed E-state index contributed by atoms with van der Waals surface area (Å²) in [7, 11) is 0. The van der Waals surface area contributed by atoms with E-state index >= 15 is 0 Å². The van der Waals surface area contributed by atoms with Crippen molar-refractivity contribution in [2.24, 2.45) is 0 Å². The molecular formula is C11H8F3NO2. The van der Waals surface area contributed by atoms with Crippen LogP contribution in [-0.2, 0) is 6.18 Å². The van der Waals surface area contributed by atoms with Gasteiger partial charge in [-0.3, -0.25) is 0 Å². The maximum atomic E-state index is 12.7. The summed E-state index contributed by atoms with van der Waals surface area (Å²) in [5, 5.41) is 9.02. The van der Waals surface area contributed by atoms with Gasteiger partial charge in [-0.2, -0.15) is 13.2 Å². The van der Waals surface area contributed by atoms with E-state index in [-0.39, 0.29) is 10.9 Å². The standard InChI is InChI=1S/C11H8F3NO2/c1-5-3-2-4-6-7(5)8(10(16)17)9(15-6)11(12,13)14/h2-4,15H,1H3,(H,16,17). The van der Waals surface area contributed by atoms with Crippen molar-refractivity contribution in [3.05, 3.63) is 35.0 Å². The molecule has 0 unspecified atom stereocenters. The van der Waals surface area contributed by atoms with Crippen molar-refractivity contribution in [3.8, 4) is 0 Å². The van der Waals surface area contributed by atoms with Crippen molar-refractivity contribution in [2.75, 3.05) is 0 Å². The molecule has 0 bridgehead atoms. The van der Waals surface area contributed by atoms with Crippen molar-refractivity contribution in [1.82, 2.24) is 4.98 Å². The molecule has 17 heavy (non-hydrogen) atoms. The van der Waals surface area contributed by atoms with Gasteiger partial charge in [-0.15, -0.1) is 0 Å². The second-order valence-electron chi connectivity index (χ2n) is 3.68. The minimum atomic E-state index is -4.71. The average Bonchev–Trinajstić information content (AvgIpc) is 2.57. The molecule has 0 aliphatic heterocycles. The third-order valence-electron chi connectivity index (χ3n) is 2.53. The summed E-state index contributed by atoms with van der Waals surface area (Å²) in [5.74, 6) is -1.59. The lowest BCUT2D eigenvalue weighted by Gasteiger charge is -2.05. The Bertz CT molecular complexity index is 599. The topological polar surface area (TPSA) is 53.1 Å². The number of nitrogens with one attached hydrogen (secondary N) is 1. The Balaban J connectivity index is 2.91. The predicted octanol–water partition coefficient (Wildman–Crippen LogP) is 3.19. The van der Waals surface area contributed by atoms with Gasteiger partial charge in [-0.25, -0.2) is 4.79 Å². The fourth-order valence-electron chi connectivity index (χ4n) is 1.85. The van der Waals surface area contributed by atoms with Gasteiger partial charge in [0.15, 0.2) is 0 Å². The number of aromatic amines is 1. The molecule has 6 heteroatoms. The van der Waals surface area contributed by atoms with Crippen molar-refractivity contribution < 1.29 is 23.1 Å². The van der Waals surface area contributed by atoms with E-state index in [0.29, 0.717) is 5.56 Å². The summed E-state index contributed by atoms with van der Waals surface area (Å²) >= 11 is 0. The van der Waals surface area contributed by atoms with Crippen LogP contribution >= 0.6 is 0 Å². The molecule has 2 aromatic rings. The highest BCUT2D eigenvalue weighted by molar-refractivity contribution is 6.06. The summed E-state index contributed by atoms with van der Waals surface area (Å²) in [5.41, 5.74) is -1.26. The maximum Gasteiger partial charge on any atom is 0.432 e. The largest absolute Gasteiger partial charge is 0.478 e. The SMILES string of the molecule is Cc1cccc2[nH]c(C(F)(F)F)c(C(=O)O)c12. The number of carbonyl (C=O) groups is 1. The molecule has 1 heterocycles. The summed E-state index contributed by atoms with van der Waals surface area (Å²) in [6, 6.07) is 4.56. The van der Waals surface area contributed by atoms with Crippen LogP contribution in [0.25, 0.3) is 10.9 Å². The highest BCUT2D eigenvalue weighted by Crippen LogP contribution is 2.36. The zero-order chi connectivity index (χ0) is 12.8. The Morgan fingerprint density at radius 1 is 1.35 bits per heavy atom. The third-order valence-corrected chi connectivity index (χ3v) is 2.53. The molecule has 0 saturated carbocycles. The molecule has 0 atom stereocenters. The van der Waals surface area contributed by atoms with E-state index < -0.39 is 23.4 Å². The van der Waals surface area contributed by atoms with Crippen LogP contribution in [-0.4, -0.2) is 16.1 Å². The number of benzene rings is 1. The normalized spacial score (nSPS) is 12.0. The lowest BCUT2D eigenvalue weighted by atomic mass is 10.1.